The molecule has 0 spiro atoms. The average Bonchev–Trinajstić information content (AvgIpc) is 2.90. The van der Waals surface area contributed by atoms with Crippen molar-refractivity contribution in [1.82, 2.24) is 15.0 Å². The molecule has 4 rings (SSSR count). The van der Waals surface area contributed by atoms with Gasteiger partial charge in [-0.2, -0.15) is 23.4 Å². The topological polar surface area (TPSA) is 189 Å². The quantitative estimate of drug-likeness (QED) is 0.163. The third-order valence-electron chi connectivity index (χ3n) is 5.68. The second-order valence-electron chi connectivity index (χ2n) is 8.31. The molecular formula is C24H25ClN8O5S. The summed E-state index contributed by atoms with van der Waals surface area (Å²) in [5.41, 5.74) is 6.74. The molecule has 39 heavy (non-hydrogen) atoms. The van der Waals surface area contributed by atoms with Crippen LogP contribution in [-0.4, -0.2) is 60.3 Å². The molecule has 3 aromatic carbocycles. The molecule has 0 aliphatic rings. The first kappa shape index (κ1) is 27.9. The summed E-state index contributed by atoms with van der Waals surface area (Å²) in [5.74, 6) is 0.569. The molecule has 0 amide bonds. The molecule has 0 saturated carbocycles. The predicted octanol–water partition coefficient (Wildman–Crippen LogP) is 4.50. The fourth-order valence-electron chi connectivity index (χ4n) is 3.71. The summed E-state index contributed by atoms with van der Waals surface area (Å²) < 4.78 is 38.4. The first-order chi connectivity index (χ1) is 18.5. The molecule has 0 radical (unpaired) electrons. The second kappa shape index (κ2) is 11.3. The van der Waals surface area contributed by atoms with Crippen molar-refractivity contribution in [2.75, 3.05) is 37.5 Å². The summed E-state index contributed by atoms with van der Waals surface area (Å²) in [6.07, 6.45) is 0. The van der Waals surface area contributed by atoms with Crippen LogP contribution in [0.4, 0.5) is 29.0 Å². The lowest BCUT2D eigenvalue weighted by molar-refractivity contribution is 0.412. The van der Waals surface area contributed by atoms with E-state index in [4.69, 9.17) is 22.1 Å². The third-order valence-corrected chi connectivity index (χ3v) is 6.73. The number of anilines is 3. The number of rotatable bonds is 9. The Morgan fingerprint density at radius 1 is 1.13 bits per heavy atom. The summed E-state index contributed by atoms with van der Waals surface area (Å²) in [7, 11) is -1.53. The number of aromatic hydroxyl groups is 1. The van der Waals surface area contributed by atoms with Gasteiger partial charge in [-0.05, 0) is 59.8 Å². The van der Waals surface area contributed by atoms with Crippen LogP contribution in [0.25, 0.3) is 10.8 Å². The Morgan fingerprint density at radius 3 is 2.59 bits per heavy atom. The Hall–Kier alpha value is -4.11. The van der Waals surface area contributed by atoms with E-state index in [-0.39, 0.29) is 40.1 Å². The largest absolute Gasteiger partial charge is 0.505 e. The van der Waals surface area contributed by atoms with E-state index in [1.165, 1.54) is 19.2 Å². The van der Waals surface area contributed by atoms with Gasteiger partial charge in [0.25, 0.3) is 10.1 Å². The molecule has 4 aromatic rings. The summed E-state index contributed by atoms with van der Waals surface area (Å²) in [5, 5.41) is 23.4. The predicted molar refractivity (Wildman–Crippen MR) is 148 cm³/mol. The molecule has 1 aromatic heterocycles. The molecule has 204 valence electrons. The van der Waals surface area contributed by atoms with E-state index in [1.807, 2.05) is 12.1 Å². The van der Waals surface area contributed by atoms with Gasteiger partial charge in [0.2, 0.25) is 17.2 Å². The summed E-state index contributed by atoms with van der Waals surface area (Å²) in [6, 6.07) is 11.1. The SMILES string of the molecule is COc1ccc(N=Nc2c(C)cc3ccc(N(C)c4nc(Cl)nc(NCCN)n4)cc3c2O)c(S(=O)(=O)O)c1. The molecule has 1 heterocycles. The van der Waals surface area contributed by atoms with Gasteiger partial charge in [0.15, 0.2) is 5.75 Å². The Morgan fingerprint density at radius 2 is 1.90 bits per heavy atom. The number of nitrogens with zero attached hydrogens (tertiary/aromatic N) is 6. The third kappa shape index (κ3) is 6.15. The minimum Gasteiger partial charge on any atom is -0.505 e. The number of phenolic OH excluding ortho intramolecular Hbond substituents is 1. The maximum Gasteiger partial charge on any atom is 0.296 e. The zero-order valence-corrected chi connectivity index (χ0v) is 22.7. The Kier molecular flexibility index (Phi) is 8.11. The minimum absolute atomic E-state index is 0.00359. The number of aryl methyl sites for hydroxylation is 1. The van der Waals surface area contributed by atoms with Crippen LogP contribution in [0.15, 0.2) is 57.6 Å². The molecule has 0 unspecified atom stereocenters. The number of aromatic nitrogens is 3. The molecule has 0 fully saturated rings. The maximum absolute atomic E-state index is 11.9. The highest BCUT2D eigenvalue weighted by Crippen LogP contribution is 2.41. The fourth-order valence-corrected chi connectivity index (χ4v) is 4.50. The van der Waals surface area contributed by atoms with E-state index in [1.54, 1.807) is 31.0 Å². The first-order valence-corrected chi connectivity index (χ1v) is 13.3. The van der Waals surface area contributed by atoms with E-state index in [0.717, 1.165) is 11.5 Å². The van der Waals surface area contributed by atoms with Gasteiger partial charge in [-0.1, -0.05) is 6.07 Å². The Labute approximate surface area is 229 Å². The van der Waals surface area contributed by atoms with Crippen LogP contribution in [0.2, 0.25) is 5.28 Å². The van der Waals surface area contributed by atoms with Gasteiger partial charge in [-0.3, -0.25) is 4.55 Å². The number of nitrogens with two attached hydrogens (primary N) is 1. The standard InChI is InChI=1S/C24H25ClN8O5S/c1-13-10-14-4-5-15(33(2)24-29-22(25)28-23(30-24)27-9-8-26)11-17(14)21(34)20(13)32-31-18-7-6-16(38-3)12-19(18)39(35,36)37/h4-7,10-12,34H,8-9,26H2,1-3H3,(H,35,36,37)(H,27,28,29,30). The normalized spacial score (nSPS) is 11.7. The number of hydrogen-bond acceptors (Lipinski definition) is 12. The number of halogens is 1. The smallest absolute Gasteiger partial charge is 0.296 e. The van der Waals surface area contributed by atoms with Crippen molar-refractivity contribution in [3.63, 3.8) is 0 Å². The lowest BCUT2D eigenvalue weighted by Crippen LogP contribution is -2.18. The number of fused-ring (bicyclic) bond motifs is 1. The van der Waals surface area contributed by atoms with Gasteiger partial charge in [-0.15, -0.1) is 10.2 Å². The Bertz CT molecular complexity index is 1680. The van der Waals surface area contributed by atoms with E-state index in [2.05, 4.69) is 30.5 Å². The van der Waals surface area contributed by atoms with E-state index in [0.29, 0.717) is 29.7 Å². The lowest BCUT2D eigenvalue weighted by atomic mass is 10.0. The average molecular weight is 573 g/mol. The highest BCUT2D eigenvalue weighted by molar-refractivity contribution is 7.86. The summed E-state index contributed by atoms with van der Waals surface area (Å²) in [6.45, 7) is 2.56. The van der Waals surface area contributed by atoms with Crippen molar-refractivity contribution in [3.8, 4) is 11.5 Å². The number of azo groups is 1. The van der Waals surface area contributed by atoms with E-state index in [9.17, 15) is 18.1 Å². The van der Waals surface area contributed by atoms with Crippen molar-refractivity contribution in [3.05, 3.63) is 53.3 Å². The number of phenols is 1. The molecule has 0 saturated heterocycles. The van der Waals surface area contributed by atoms with Gasteiger partial charge >= 0.3 is 0 Å². The van der Waals surface area contributed by atoms with Crippen molar-refractivity contribution in [2.45, 2.75) is 11.8 Å². The number of hydrogen-bond donors (Lipinski definition) is 4. The molecule has 0 aliphatic heterocycles. The maximum atomic E-state index is 11.9. The summed E-state index contributed by atoms with van der Waals surface area (Å²) in [4.78, 5) is 13.8. The van der Waals surface area contributed by atoms with Crippen molar-refractivity contribution >= 4 is 61.5 Å². The molecule has 0 aliphatic carbocycles. The highest BCUT2D eigenvalue weighted by atomic mass is 35.5. The van der Waals surface area contributed by atoms with E-state index < -0.39 is 15.0 Å². The van der Waals surface area contributed by atoms with Crippen LogP contribution >= 0.6 is 11.6 Å². The first-order valence-electron chi connectivity index (χ1n) is 11.4. The molecule has 0 bridgehead atoms. The number of methoxy groups -OCH3 is 1. The zero-order chi connectivity index (χ0) is 28.3. The van der Waals surface area contributed by atoms with Crippen LogP contribution in [0.3, 0.4) is 0 Å². The Balaban J connectivity index is 1.75. The van der Waals surface area contributed by atoms with Crippen molar-refractivity contribution in [2.24, 2.45) is 16.0 Å². The van der Waals surface area contributed by atoms with Gasteiger partial charge in [0.1, 0.15) is 22.0 Å². The monoisotopic (exact) mass is 572 g/mol. The van der Waals surface area contributed by atoms with Crippen LogP contribution in [-0.2, 0) is 10.1 Å². The minimum atomic E-state index is -4.62. The van der Waals surface area contributed by atoms with Gasteiger partial charge in [0, 0.05) is 37.3 Å². The zero-order valence-electron chi connectivity index (χ0n) is 21.1. The summed E-state index contributed by atoms with van der Waals surface area (Å²) >= 11 is 6.08. The van der Waals surface area contributed by atoms with Gasteiger partial charge in [0.05, 0.1) is 7.11 Å². The van der Waals surface area contributed by atoms with E-state index >= 15 is 0 Å². The number of ether oxygens (including phenoxy) is 1. The second-order valence-corrected chi connectivity index (χ2v) is 10.0. The fraction of sp³-hybridized carbons (Fsp3) is 0.208. The highest BCUT2D eigenvalue weighted by Gasteiger charge is 2.18. The molecule has 13 nitrogen and oxygen atoms in total. The van der Waals surface area contributed by atoms with Crippen molar-refractivity contribution < 1.29 is 22.8 Å². The van der Waals surface area contributed by atoms with Gasteiger partial charge in [-0.25, -0.2) is 0 Å². The molecular weight excluding hydrogens is 548 g/mol. The lowest BCUT2D eigenvalue weighted by Gasteiger charge is -2.19. The van der Waals surface area contributed by atoms with Crippen LogP contribution < -0.4 is 20.7 Å². The van der Waals surface area contributed by atoms with Crippen molar-refractivity contribution in [1.29, 1.82) is 0 Å². The van der Waals surface area contributed by atoms with Crippen LogP contribution in [0.5, 0.6) is 11.5 Å². The molecule has 15 heteroatoms. The molecule has 5 N–H and O–H groups in total. The molecule has 0 atom stereocenters. The van der Waals surface area contributed by atoms with Crippen LogP contribution in [0.1, 0.15) is 5.56 Å². The number of benzene rings is 3. The number of nitrogens with one attached hydrogen (secondary N) is 1. The van der Waals surface area contributed by atoms with Gasteiger partial charge < -0.3 is 25.8 Å². The van der Waals surface area contributed by atoms with Crippen LogP contribution in [0, 0.1) is 6.92 Å².